The van der Waals surface area contributed by atoms with Gasteiger partial charge in [-0.05, 0) is 19.1 Å². The van der Waals surface area contributed by atoms with Gasteiger partial charge in [0, 0.05) is 6.07 Å². The molecule has 1 unspecified atom stereocenters. The van der Waals surface area contributed by atoms with Gasteiger partial charge < -0.3 is 14.7 Å². The van der Waals surface area contributed by atoms with Crippen LogP contribution >= 0.6 is 11.3 Å². The average Bonchev–Trinajstić information content (AvgIpc) is 3.03. The van der Waals surface area contributed by atoms with Crippen molar-refractivity contribution in [3.8, 4) is 0 Å². The second-order valence-electron chi connectivity index (χ2n) is 5.26. The molecule has 0 aliphatic carbocycles. The lowest BCUT2D eigenvalue weighted by molar-refractivity contribution is -0.885. The number of quaternary nitrogens is 1. The van der Waals surface area contributed by atoms with E-state index in [0.717, 1.165) is 15.4 Å². The first-order chi connectivity index (χ1) is 10.6. The molecule has 0 bridgehead atoms. The maximum absolute atomic E-state index is 12.0. The van der Waals surface area contributed by atoms with Gasteiger partial charge in [0.25, 0.3) is 5.91 Å². The molecular formula is C15H17N4O2S+. The van der Waals surface area contributed by atoms with Crippen molar-refractivity contribution in [1.82, 2.24) is 10.1 Å². The summed E-state index contributed by atoms with van der Waals surface area (Å²) in [5, 5.41) is 7.51. The summed E-state index contributed by atoms with van der Waals surface area (Å²) in [6, 6.07) is 9.75. The highest BCUT2D eigenvalue weighted by atomic mass is 32.1. The molecule has 114 valence electrons. The number of likely N-dealkylation sites (N-methyl/N-ethyl adjacent to an activating group) is 1. The lowest BCUT2D eigenvalue weighted by Crippen LogP contribution is -3.08. The molecule has 22 heavy (non-hydrogen) atoms. The van der Waals surface area contributed by atoms with Gasteiger partial charge in [-0.1, -0.05) is 17.3 Å². The van der Waals surface area contributed by atoms with Crippen LogP contribution in [0.15, 0.2) is 34.9 Å². The number of fused-ring (bicyclic) bond motifs is 1. The van der Waals surface area contributed by atoms with Gasteiger partial charge in [-0.3, -0.25) is 4.79 Å². The molecule has 1 amide bonds. The lowest BCUT2D eigenvalue weighted by Gasteiger charge is -2.11. The molecule has 0 saturated carbocycles. The number of aromatic nitrogens is 2. The largest absolute Gasteiger partial charge is 0.360 e. The number of carbonyl (C=O) groups is 1. The summed E-state index contributed by atoms with van der Waals surface area (Å²) >= 11 is 1.67. The highest BCUT2D eigenvalue weighted by Crippen LogP contribution is 2.20. The Kier molecular flexibility index (Phi) is 4.17. The molecule has 0 fully saturated rings. The van der Waals surface area contributed by atoms with Crippen LogP contribution in [-0.4, -0.2) is 29.6 Å². The minimum absolute atomic E-state index is 0.0908. The molecule has 3 rings (SSSR count). The molecule has 0 radical (unpaired) electrons. The molecule has 2 aromatic heterocycles. The Morgan fingerprint density at radius 2 is 2.23 bits per heavy atom. The van der Waals surface area contributed by atoms with Crippen molar-refractivity contribution in [1.29, 1.82) is 0 Å². The zero-order valence-corrected chi connectivity index (χ0v) is 13.2. The summed E-state index contributed by atoms with van der Waals surface area (Å²) in [7, 11) is 1.97. The normalized spacial score (nSPS) is 12.5. The smallest absolute Gasteiger partial charge is 0.280 e. The number of nitrogens with one attached hydrogen (secondary N) is 2. The van der Waals surface area contributed by atoms with Crippen molar-refractivity contribution in [2.45, 2.75) is 13.5 Å². The van der Waals surface area contributed by atoms with E-state index in [2.05, 4.69) is 21.5 Å². The average molecular weight is 317 g/mol. The number of carbonyl (C=O) groups excluding carboxylic acids is 1. The van der Waals surface area contributed by atoms with Crippen molar-refractivity contribution >= 4 is 33.3 Å². The molecule has 1 aromatic carbocycles. The van der Waals surface area contributed by atoms with Gasteiger partial charge in [0.15, 0.2) is 12.4 Å². The van der Waals surface area contributed by atoms with Crippen molar-refractivity contribution < 1.29 is 14.2 Å². The highest BCUT2D eigenvalue weighted by molar-refractivity contribution is 7.18. The van der Waals surface area contributed by atoms with Gasteiger partial charge in [-0.15, -0.1) is 11.3 Å². The predicted molar refractivity (Wildman–Crippen MR) is 84.9 cm³/mol. The van der Waals surface area contributed by atoms with E-state index in [4.69, 9.17) is 4.52 Å². The number of amides is 1. The first-order valence-corrected chi connectivity index (χ1v) is 7.81. The van der Waals surface area contributed by atoms with Crippen LogP contribution in [0.4, 0.5) is 5.82 Å². The third-order valence-corrected chi connectivity index (χ3v) is 4.19. The number of benzene rings is 1. The topological polar surface area (TPSA) is 72.5 Å². The van der Waals surface area contributed by atoms with Crippen molar-refractivity contribution in [3.05, 3.63) is 41.1 Å². The molecule has 0 saturated heterocycles. The number of anilines is 1. The van der Waals surface area contributed by atoms with Crippen LogP contribution in [0.2, 0.25) is 0 Å². The number of para-hydroxylation sites is 1. The second-order valence-corrected chi connectivity index (χ2v) is 6.37. The molecule has 0 aliphatic heterocycles. The summed E-state index contributed by atoms with van der Waals surface area (Å²) in [5.41, 5.74) is 1.01. The zero-order chi connectivity index (χ0) is 15.5. The quantitative estimate of drug-likeness (QED) is 0.743. The van der Waals surface area contributed by atoms with Crippen LogP contribution in [-0.2, 0) is 11.3 Å². The Morgan fingerprint density at radius 1 is 1.41 bits per heavy atom. The first kappa shape index (κ1) is 14.7. The van der Waals surface area contributed by atoms with Gasteiger partial charge in [-0.2, -0.15) is 0 Å². The Balaban J connectivity index is 1.57. The maximum Gasteiger partial charge on any atom is 0.280 e. The standard InChI is InChI=1S/C15H16N4O2S/c1-10-7-13(18-21-10)17-14(20)8-19(2)9-15-16-11-5-3-4-6-12(11)22-15/h3-7H,8-9H2,1-2H3,(H,17,18,20)/p+1. The van der Waals surface area contributed by atoms with Crippen LogP contribution in [0.25, 0.3) is 10.2 Å². The fraction of sp³-hybridized carbons (Fsp3) is 0.267. The monoisotopic (exact) mass is 317 g/mol. The SMILES string of the molecule is Cc1cc(NC(=O)C[NH+](C)Cc2nc3ccccc3s2)no1. The number of thiazole rings is 1. The van der Waals surface area contributed by atoms with Gasteiger partial charge in [0.2, 0.25) is 0 Å². The van der Waals surface area contributed by atoms with E-state index < -0.39 is 0 Å². The fourth-order valence-electron chi connectivity index (χ4n) is 2.20. The van der Waals surface area contributed by atoms with E-state index in [1.807, 2.05) is 25.2 Å². The van der Waals surface area contributed by atoms with E-state index in [1.54, 1.807) is 24.3 Å². The van der Waals surface area contributed by atoms with Crippen molar-refractivity contribution in [2.75, 3.05) is 18.9 Å². The van der Waals surface area contributed by atoms with Gasteiger partial charge in [0.05, 0.1) is 17.3 Å². The van der Waals surface area contributed by atoms with Gasteiger partial charge in [-0.25, -0.2) is 4.98 Å². The number of aryl methyl sites for hydroxylation is 1. The number of rotatable bonds is 5. The van der Waals surface area contributed by atoms with Crippen molar-refractivity contribution in [3.63, 3.8) is 0 Å². The van der Waals surface area contributed by atoms with Crippen LogP contribution < -0.4 is 10.2 Å². The molecule has 0 spiro atoms. The van der Waals surface area contributed by atoms with E-state index in [0.29, 0.717) is 24.7 Å². The summed E-state index contributed by atoms with van der Waals surface area (Å²) in [4.78, 5) is 17.6. The third-order valence-electron chi connectivity index (χ3n) is 3.15. The highest BCUT2D eigenvalue weighted by Gasteiger charge is 2.14. The minimum atomic E-state index is -0.0908. The Labute approximate surface area is 131 Å². The molecule has 0 aliphatic rings. The molecule has 6 nitrogen and oxygen atoms in total. The lowest BCUT2D eigenvalue weighted by atomic mass is 10.3. The second kappa shape index (κ2) is 6.25. The Hall–Kier alpha value is -2.25. The van der Waals surface area contributed by atoms with E-state index >= 15 is 0 Å². The number of nitrogens with zero attached hydrogens (tertiary/aromatic N) is 2. The molecular weight excluding hydrogens is 300 g/mol. The van der Waals surface area contributed by atoms with Crippen LogP contribution in [0.1, 0.15) is 10.8 Å². The molecule has 3 aromatic rings. The van der Waals surface area contributed by atoms with E-state index in [-0.39, 0.29) is 5.91 Å². The first-order valence-electron chi connectivity index (χ1n) is 6.99. The minimum Gasteiger partial charge on any atom is -0.360 e. The van der Waals surface area contributed by atoms with Gasteiger partial charge >= 0.3 is 0 Å². The fourth-order valence-corrected chi connectivity index (χ4v) is 3.28. The Bertz CT molecular complexity index is 763. The zero-order valence-electron chi connectivity index (χ0n) is 12.4. The van der Waals surface area contributed by atoms with E-state index in [1.165, 1.54) is 4.70 Å². The summed E-state index contributed by atoms with van der Waals surface area (Å²) in [6.45, 7) is 2.85. The summed E-state index contributed by atoms with van der Waals surface area (Å²) in [6.07, 6.45) is 0. The number of hydrogen-bond donors (Lipinski definition) is 2. The summed E-state index contributed by atoms with van der Waals surface area (Å²) < 4.78 is 6.09. The maximum atomic E-state index is 12.0. The van der Waals surface area contributed by atoms with Gasteiger partial charge in [0.1, 0.15) is 17.3 Å². The van der Waals surface area contributed by atoms with Crippen LogP contribution in [0, 0.1) is 6.92 Å². The molecule has 1 atom stereocenters. The van der Waals surface area contributed by atoms with Crippen molar-refractivity contribution in [2.24, 2.45) is 0 Å². The van der Waals surface area contributed by atoms with Crippen LogP contribution in [0.5, 0.6) is 0 Å². The predicted octanol–water partition coefficient (Wildman–Crippen LogP) is 1.25. The molecule has 7 heteroatoms. The molecule has 2 heterocycles. The molecule has 2 N–H and O–H groups in total. The third kappa shape index (κ3) is 3.49. The number of hydrogen-bond acceptors (Lipinski definition) is 5. The summed E-state index contributed by atoms with van der Waals surface area (Å²) in [5.74, 6) is 1.03. The van der Waals surface area contributed by atoms with Crippen LogP contribution in [0.3, 0.4) is 0 Å². The Morgan fingerprint density at radius 3 is 2.95 bits per heavy atom. The van der Waals surface area contributed by atoms with E-state index in [9.17, 15) is 4.79 Å².